The largest absolute Gasteiger partial charge is 0.489 e. The molecule has 0 aliphatic heterocycles. The second kappa shape index (κ2) is 7.89. The Balaban J connectivity index is 2.66. The highest BCUT2D eigenvalue weighted by Crippen LogP contribution is 2.30. The molecular formula is C14H26N4O2. The van der Waals surface area contributed by atoms with Crippen molar-refractivity contribution in [2.45, 2.75) is 39.8 Å². The maximum atomic E-state index is 5.74. The van der Waals surface area contributed by atoms with E-state index in [1.807, 2.05) is 0 Å². The Kier molecular flexibility index (Phi) is 6.51. The number of ether oxygens (including phenoxy) is 2. The van der Waals surface area contributed by atoms with Gasteiger partial charge in [-0.25, -0.2) is 4.98 Å². The molecule has 0 aliphatic rings. The first-order chi connectivity index (χ1) is 9.51. The monoisotopic (exact) mass is 282 g/mol. The van der Waals surface area contributed by atoms with Crippen molar-refractivity contribution < 1.29 is 9.47 Å². The fraction of sp³-hybridized carbons (Fsp3) is 0.714. The summed E-state index contributed by atoms with van der Waals surface area (Å²) in [7, 11) is 3.37. The summed E-state index contributed by atoms with van der Waals surface area (Å²) < 4.78 is 11.0. The van der Waals surface area contributed by atoms with Crippen LogP contribution in [-0.2, 0) is 0 Å². The molecule has 1 aromatic rings. The third kappa shape index (κ3) is 4.23. The smallest absolute Gasteiger partial charge is 0.262 e. The highest BCUT2D eigenvalue weighted by molar-refractivity contribution is 5.54. The highest BCUT2D eigenvalue weighted by atomic mass is 16.5. The molecule has 1 heterocycles. The fourth-order valence-electron chi connectivity index (χ4n) is 2.18. The summed E-state index contributed by atoms with van der Waals surface area (Å²) in [6.45, 7) is 10.1. The maximum absolute atomic E-state index is 5.74. The van der Waals surface area contributed by atoms with E-state index >= 15 is 0 Å². The molecular weight excluding hydrogens is 256 g/mol. The lowest BCUT2D eigenvalue weighted by molar-refractivity contribution is 0.138. The predicted molar refractivity (Wildman–Crippen MR) is 80.6 cm³/mol. The summed E-state index contributed by atoms with van der Waals surface area (Å²) in [6.07, 6.45) is 1.46. The summed E-state index contributed by atoms with van der Waals surface area (Å²) in [5, 5.41) is 2.96. The van der Waals surface area contributed by atoms with Crippen molar-refractivity contribution in [3.05, 3.63) is 6.33 Å². The van der Waals surface area contributed by atoms with Crippen LogP contribution in [0.25, 0.3) is 0 Å². The molecule has 1 aromatic heterocycles. The zero-order chi connectivity index (χ0) is 15.1. The van der Waals surface area contributed by atoms with Crippen LogP contribution in [0.5, 0.6) is 11.6 Å². The van der Waals surface area contributed by atoms with Crippen molar-refractivity contribution in [1.82, 2.24) is 14.9 Å². The van der Waals surface area contributed by atoms with Crippen LogP contribution in [0.2, 0.25) is 0 Å². The van der Waals surface area contributed by atoms with Gasteiger partial charge in [0.15, 0.2) is 5.82 Å². The van der Waals surface area contributed by atoms with E-state index in [1.54, 1.807) is 14.2 Å². The lowest BCUT2D eigenvalue weighted by Crippen LogP contribution is -2.39. The fourth-order valence-corrected chi connectivity index (χ4v) is 2.18. The Labute approximate surface area is 121 Å². The van der Waals surface area contributed by atoms with Gasteiger partial charge in [-0.05, 0) is 27.7 Å². The molecule has 0 atom stereocenters. The molecule has 0 unspecified atom stereocenters. The van der Waals surface area contributed by atoms with Crippen LogP contribution in [0.1, 0.15) is 27.7 Å². The second-order valence-electron chi connectivity index (χ2n) is 5.08. The van der Waals surface area contributed by atoms with Crippen molar-refractivity contribution in [2.24, 2.45) is 0 Å². The first-order valence-corrected chi connectivity index (χ1v) is 6.96. The molecule has 6 nitrogen and oxygen atoms in total. The average Bonchev–Trinajstić information content (AvgIpc) is 2.42. The number of anilines is 1. The normalized spacial score (nSPS) is 11.2. The van der Waals surface area contributed by atoms with E-state index in [2.05, 4.69) is 47.9 Å². The van der Waals surface area contributed by atoms with Gasteiger partial charge in [-0.2, -0.15) is 4.98 Å². The van der Waals surface area contributed by atoms with Gasteiger partial charge < -0.3 is 14.8 Å². The van der Waals surface area contributed by atoms with Crippen molar-refractivity contribution >= 4 is 5.82 Å². The standard InChI is InChI=1S/C14H26N4O2/c1-10(2)18(11(3)4)7-8-20-14-12(19-6)13(15-5)16-9-17-14/h9-11H,7-8H2,1-6H3,(H,15,16,17). The molecule has 0 saturated carbocycles. The van der Waals surface area contributed by atoms with Crippen LogP contribution < -0.4 is 14.8 Å². The van der Waals surface area contributed by atoms with E-state index in [9.17, 15) is 0 Å². The zero-order valence-corrected chi connectivity index (χ0v) is 13.3. The molecule has 0 aliphatic carbocycles. The summed E-state index contributed by atoms with van der Waals surface area (Å²) in [5.41, 5.74) is 0. The number of methoxy groups -OCH3 is 1. The summed E-state index contributed by atoms with van der Waals surface area (Å²) in [5.74, 6) is 1.64. The summed E-state index contributed by atoms with van der Waals surface area (Å²) in [4.78, 5) is 10.6. The molecule has 0 fully saturated rings. The molecule has 6 heteroatoms. The van der Waals surface area contributed by atoms with Gasteiger partial charge in [-0.3, -0.25) is 4.90 Å². The molecule has 0 spiro atoms. The summed E-state index contributed by atoms with van der Waals surface area (Å²) in [6, 6.07) is 0.970. The van der Waals surface area contributed by atoms with E-state index in [1.165, 1.54) is 6.33 Å². The van der Waals surface area contributed by atoms with Crippen LogP contribution in [0.3, 0.4) is 0 Å². The van der Waals surface area contributed by atoms with Gasteiger partial charge in [0, 0.05) is 25.7 Å². The van der Waals surface area contributed by atoms with Crippen molar-refractivity contribution in [3.63, 3.8) is 0 Å². The Hall–Kier alpha value is -1.56. The second-order valence-corrected chi connectivity index (χ2v) is 5.08. The quantitative estimate of drug-likeness (QED) is 0.787. The highest BCUT2D eigenvalue weighted by Gasteiger charge is 2.15. The van der Waals surface area contributed by atoms with Gasteiger partial charge in [0.1, 0.15) is 12.9 Å². The Morgan fingerprint density at radius 2 is 1.85 bits per heavy atom. The minimum atomic E-state index is 0.472. The van der Waals surface area contributed by atoms with Gasteiger partial charge in [0.2, 0.25) is 5.75 Å². The minimum Gasteiger partial charge on any atom is -0.489 e. The molecule has 114 valence electrons. The number of hydrogen-bond acceptors (Lipinski definition) is 6. The molecule has 0 bridgehead atoms. The molecule has 0 aromatic carbocycles. The number of hydrogen-bond donors (Lipinski definition) is 1. The Morgan fingerprint density at radius 3 is 2.35 bits per heavy atom. The van der Waals surface area contributed by atoms with Crippen molar-refractivity contribution in [2.75, 3.05) is 32.6 Å². The molecule has 20 heavy (non-hydrogen) atoms. The third-order valence-electron chi connectivity index (χ3n) is 3.13. The van der Waals surface area contributed by atoms with Crippen LogP contribution in [0.15, 0.2) is 6.33 Å². The molecule has 0 saturated heterocycles. The number of nitrogens with zero attached hydrogens (tertiary/aromatic N) is 3. The van der Waals surface area contributed by atoms with Gasteiger partial charge in [-0.15, -0.1) is 0 Å². The van der Waals surface area contributed by atoms with E-state index in [0.29, 0.717) is 36.1 Å². The molecule has 1 N–H and O–H groups in total. The number of aromatic nitrogens is 2. The van der Waals surface area contributed by atoms with Gasteiger partial charge in [0.25, 0.3) is 5.88 Å². The first-order valence-electron chi connectivity index (χ1n) is 6.96. The molecule has 0 amide bonds. The van der Waals surface area contributed by atoms with E-state index < -0.39 is 0 Å². The SMILES string of the molecule is CNc1ncnc(OCCN(C(C)C)C(C)C)c1OC. The van der Waals surface area contributed by atoms with Crippen LogP contribution in [-0.4, -0.2) is 54.3 Å². The number of rotatable bonds is 8. The predicted octanol–water partition coefficient (Wildman–Crippen LogP) is 2.02. The van der Waals surface area contributed by atoms with Gasteiger partial charge in [0.05, 0.1) is 7.11 Å². The molecule has 0 radical (unpaired) electrons. The van der Waals surface area contributed by atoms with Crippen LogP contribution >= 0.6 is 0 Å². The Bertz CT molecular complexity index is 402. The minimum absolute atomic E-state index is 0.472. The van der Waals surface area contributed by atoms with Crippen LogP contribution in [0.4, 0.5) is 5.82 Å². The lowest BCUT2D eigenvalue weighted by atomic mass is 10.2. The summed E-state index contributed by atoms with van der Waals surface area (Å²) >= 11 is 0. The topological polar surface area (TPSA) is 59.5 Å². The third-order valence-corrected chi connectivity index (χ3v) is 3.13. The van der Waals surface area contributed by atoms with E-state index in [0.717, 1.165) is 6.54 Å². The maximum Gasteiger partial charge on any atom is 0.262 e. The Morgan fingerprint density at radius 1 is 1.20 bits per heavy atom. The van der Waals surface area contributed by atoms with E-state index in [4.69, 9.17) is 9.47 Å². The zero-order valence-electron chi connectivity index (χ0n) is 13.3. The average molecular weight is 282 g/mol. The van der Waals surface area contributed by atoms with E-state index in [-0.39, 0.29) is 0 Å². The van der Waals surface area contributed by atoms with Crippen molar-refractivity contribution in [1.29, 1.82) is 0 Å². The molecule has 1 rings (SSSR count). The van der Waals surface area contributed by atoms with Gasteiger partial charge >= 0.3 is 0 Å². The first kappa shape index (κ1) is 16.5. The van der Waals surface area contributed by atoms with Crippen LogP contribution in [0, 0.1) is 0 Å². The van der Waals surface area contributed by atoms with Gasteiger partial charge in [-0.1, -0.05) is 0 Å². The number of nitrogens with one attached hydrogen (secondary N) is 1. The van der Waals surface area contributed by atoms with Crippen molar-refractivity contribution in [3.8, 4) is 11.6 Å². The lowest BCUT2D eigenvalue weighted by Gasteiger charge is -2.30.